The minimum absolute atomic E-state index is 0.0219. The van der Waals surface area contributed by atoms with Gasteiger partial charge in [0.25, 0.3) is 0 Å². The summed E-state index contributed by atoms with van der Waals surface area (Å²) >= 11 is 0.984. The fourth-order valence-electron chi connectivity index (χ4n) is 4.64. The zero-order chi connectivity index (χ0) is 35.1. The molecule has 5 rings (SSSR count). The lowest BCUT2D eigenvalue weighted by molar-refractivity contribution is -0.176. The first-order chi connectivity index (χ1) is 22.2. The van der Waals surface area contributed by atoms with E-state index in [9.17, 15) is 42.2 Å². The fourth-order valence-corrected chi connectivity index (χ4v) is 6.15. The predicted molar refractivity (Wildman–Crippen MR) is 168 cm³/mol. The van der Waals surface area contributed by atoms with Gasteiger partial charge in [0.1, 0.15) is 11.5 Å². The lowest BCUT2D eigenvalue weighted by atomic mass is 10.1. The van der Waals surface area contributed by atoms with Crippen LogP contribution in [-0.2, 0) is 16.1 Å². The van der Waals surface area contributed by atoms with Gasteiger partial charge in [0.15, 0.2) is 5.17 Å². The molecule has 1 aliphatic rings. The van der Waals surface area contributed by atoms with E-state index in [-0.39, 0.29) is 22.3 Å². The van der Waals surface area contributed by atoms with Crippen molar-refractivity contribution in [3.8, 4) is 16.9 Å². The third kappa shape index (κ3) is 8.35. The van der Waals surface area contributed by atoms with Crippen molar-refractivity contribution in [2.45, 2.75) is 31.5 Å². The minimum Gasteiger partial charge on any atom is -0.367 e. The number of urea groups is 1. The topological polar surface area (TPSA) is 88.8 Å². The SMILES string of the molecule is Cc1ccc(COCC(F)(F)F)c(N2C(=O)CS/C2=N\C(=O)Nc2ccc(-c3cn(-c4ccc(S(F)(F)(F)(F)F)cc4)cn3)cc2C)c1. The normalized spacial score (nSPS) is 16.2. The molecule has 0 unspecified atom stereocenters. The molecule has 1 saturated heterocycles. The largest absolute Gasteiger partial charge is 0.411 e. The van der Waals surface area contributed by atoms with Crippen LogP contribution in [0.2, 0.25) is 0 Å². The molecule has 0 aliphatic carbocycles. The number of ether oxygens (including phenoxy) is 1. The number of carbonyl (C=O) groups excluding carboxylic acids is 2. The number of imidazole rings is 1. The number of aliphatic imine (C=N–C) groups is 1. The molecule has 0 bridgehead atoms. The molecular weight excluding hydrogens is 694 g/mol. The van der Waals surface area contributed by atoms with Crippen molar-refractivity contribution in [3.63, 3.8) is 0 Å². The molecule has 1 fully saturated rings. The number of hydrogen-bond donors (Lipinski definition) is 1. The lowest BCUT2D eigenvalue weighted by Gasteiger charge is -2.40. The molecule has 1 aliphatic heterocycles. The van der Waals surface area contributed by atoms with Crippen LogP contribution in [0.1, 0.15) is 16.7 Å². The van der Waals surface area contributed by atoms with E-state index in [0.29, 0.717) is 45.8 Å². The molecule has 48 heavy (non-hydrogen) atoms. The van der Waals surface area contributed by atoms with E-state index in [1.165, 1.54) is 28.1 Å². The molecule has 0 atom stereocenters. The van der Waals surface area contributed by atoms with Gasteiger partial charge in [-0.25, -0.2) is 9.78 Å². The van der Waals surface area contributed by atoms with Gasteiger partial charge < -0.3 is 14.6 Å². The summed E-state index contributed by atoms with van der Waals surface area (Å²) in [7, 11) is -9.81. The van der Waals surface area contributed by atoms with Crippen molar-refractivity contribution < 1.29 is 46.9 Å². The Kier molecular flexibility index (Phi) is 8.67. The van der Waals surface area contributed by atoms with Crippen molar-refractivity contribution in [2.24, 2.45) is 4.99 Å². The monoisotopic (exact) mass is 719 g/mol. The van der Waals surface area contributed by atoms with Crippen molar-refractivity contribution in [1.29, 1.82) is 0 Å². The summed E-state index contributed by atoms with van der Waals surface area (Å²) in [6.07, 6.45) is -1.74. The summed E-state index contributed by atoms with van der Waals surface area (Å²) in [4.78, 5) is 33.2. The number of alkyl halides is 3. The molecule has 1 aromatic heterocycles. The third-order valence-electron chi connectivity index (χ3n) is 6.89. The molecule has 0 saturated carbocycles. The van der Waals surface area contributed by atoms with Gasteiger partial charge in [-0.2, -0.15) is 18.2 Å². The number of amidine groups is 1. The highest BCUT2D eigenvalue weighted by molar-refractivity contribution is 8.45. The van der Waals surface area contributed by atoms with Crippen LogP contribution < -0.4 is 10.2 Å². The number of benzene rings is 3. The number of aryl methyl sites for hydroxylation is 2. The smallest absolute Gasteiger partial charge is 0.367 e. The quantitative estimate of drug-likeness (QED) is 0.183. The molecule has 0 radical (unpaired) electrons. The Balaban J connectivity index is 1.31. The van der Waals surface area contributed by atoms with Crippen LogP contribution in [0.3, 0.4) is 0 Å². The molecule has 4 aromatic rings. The zero-order valence-electron chi connectivity index (χ0n) is 24.9. The van der Waals surface area contributed by atoms with E-state index >= 15 is 0 Å². The highest BCUT2D eigenvalue weighted by Crippen LogP contribution is 3.02. The Labute approximate surface area is 272 Å². The number of thioether (sulfide) groups is 1. The van der Waals surface area contributed by atoms with Gasteiger partial charge in [-0.05, 0) is 67.4 Å². The minimum atomic E-state index is -9.81. The molecule has 0 spiro atoms. The van der Waals surface area contributed by atoms with Gasteiger partial charge in [0.05, 0.1) is 30.1 Å². The first-order valence-electron chi connectivity index (χ1n) is 13.8. The molecule has 3 aromatic carbocycles. The second-order valence-corrected chi connectivity index (χ2v) is 14.1. The highest BCUT2D eigenvalue weighted by Gasteiger charge is 2.65. The van der Waals surface area contributed by atoms with Crippen molar-refractivity contribution in [3.05, 3.63) is 89.9 Å². The highest BCUT2D eigenvalue weighted by atomic mass is 32.5. The van der Waals surface area contributed by atoms with Gasteiger partial charge in [-0.15, -0.1) is 0 Å². The molecule has 1 N–H and O–H groups in total. The van der Waals surface area contributed by atoms with Gasteiger partial charge in [-0.1, -0.05) is 49.4 Å². The Morgan fingerprint density at radius 2 is 1.73 bits per heavy atom. The maximum atomic E-state index is 13.1. The number of carbonyl (C=O) groups is 2. The summed E-state index contributed by atoms with van der Waals surface area (Å²) in [6, 6.07) is 11.2. The van der Waals surface area contributed by atoms with E-state index < -0.39 is 46.4 Å². The molecule has 8 nitrogen and oxygen atoms in total. The molecular formula is C30H25F8N5O3S2. The second kappa shape index (κ2) is 11.9. The number of anilines is 2. The first-order valence-corrected chi connectivity index (χ1v) is 16.7. The Morgan fingerprint density at radius 1 is 1.02 bits per heavy atom. The second-order valence-electron chi connectivity index (χ2n) is 10.7. The van der Waals surface area contributed by atoms with Crippen LogP contribution in [0.4, 0.5) is 48.8 Å². The standard InChI is InChI=1S/C30H25F8N5O3S2/c1-18-3-4-21(14-46-16-30(31,32)33)26(11-18)43-27(44)15-47-29(43)41-28(45)40-24-10-5-20(12-19(24)2)25-13-42(17-39-25)22-6-8-23(9-7-22)48(34,35,36,37)38/h3-13,17H,14-16H2,1-2H3,(H,40,45)/b41-29-. The van der Waals surface area contributed by atoms with Crippen molar-refractivity contribution in [1.82, 2.24) is 9.55 Å². The van der Waals surface area contributed by atoms with Crippen LogP contribution in [0, 0.1) is 13.8 Å². The van der Waals surface area contributed by atoms with Crippen LogP contribution in [0.5, 0.6) is 0 Å². The van der Waals surface area contributed by atoms with Crippen LogP contribution in [-0.4, -0.2) is 45.2 Å². The van der Waals surface area contributed by atoms with Crippen LogP contribution in [0.25, 0.3) is 16.9 Å². The Bertz CT molecular complexity index is 1930. The number of amides is 3. The van der Waals surface area contributed by atoms with Gasteiger partial charge in [-0.3, -0.25) is 9.69 Å². The Hall–Kier alpha value is -4.42. The number of rotatable bonds is 8. The molecule has 18 heteroatoms. The number of nitrogens with one attached hydrogen (secondary N) is 1. The maximum absolute atomic E-state index is 13.1. The van der Waals surface area contributed by atoms with E-state index in [1.54, 1.807) is 44.2 Å². The van der Waals surface area contributed by atoms with Crippen LogP contribution in [0.15, 0.2) is 83.1 Å². The Morgan fingerprint density at radius 3 is 2.38 bits per heavy atom. The number of halogens is 8. The molecule has 2 heterocycles. The number of nitrogens with zero attached hydrogens (tertiary/aromatic N) is 4. The van der Waals surface area contributed by atoms with E-state index in [4.69, 9.17) is 4.74 Å². The average Bonchev–Trinajstić information content (AvgIpc) is 3.60. The zero-order valence-corrected chi connectivity index (χ0v) is 26.5. The molecule has 3 amide bonds. The van der Waals surface area contributed by atoms with Crippen molar-refractivity contribution >= 4 is 50.5 Å². The predicted octanol–water partition coefficient (Wildman–Crippen LogP) is 9.56. The van der Waals surface area contributed by atoms with Gasteiger partial charge in [0, 0.05) is 28.7 Å². The summed E-state index contributed by atoms with van der Waals surface area (Å²) < 4.78 is 109. The fraction of sp³-hybridized carbons (Fsp3) is 0.200. The molecule has 256 valence electrons. The van der Waals surface area contributed by atoms with E-state index in [0.717, 1.165) is 23.9 Å². The summed E-state index contributed by atoms with van der Waals surface area (Å²) in [5, 5.41) is 2.65. The average molecular weight is 720 g/mol. The number of aromatic nitrogens is 2. The summed E-state index contributed by atoms with van der Waals surface area (Å²) in [5.41, 5.74) is 3.33. The van der Waals surface area contributed by atoms with Gasteiger partial charge >= 0.3 is 22.4 Å². The van der Waals surface area contributed by atoms with Crippen LogP contribution >= 0.6 is 22.0 Å². The third-order valence-corrected chi connectivity index (χ3v) is 8.98. The van der Waals surface area contributed by atoms with E-state index in [2.05, 4.69) is 15.3 Å². The summed E-state index contributed by atoms with van der Waals surface area (Å²) in [5.74, 6) is -0.478. The first kappa shape index (κ1) is 34.9. The summed E-state index contributed by atoms with van der Waals surface area (Å²) in [6.45, 7) is 1.51. The van der Waals surface area contributed by atoms with Gasteiger partial charge in [0.2, 0.25) is 5.91 Å². The van der Waals surface area contributed by atoms with Crippen molar-refractivity contribution in [2.75, 3.05) is 22.6 Å². The maximum Gasteiger partial charge on any atom is 0.411 e. The van der Waals surface area contributed by atoms with E-state index in [1.807, 2.05) is 0 Å². The number of hydrogen-bond acceptors (Lipinski definition) is 5. The lowest BCUT2D eigenvalue weighted by Crippen LogP contribution is -2.31.